The van der Waals surface area contributed by atoms with Gasteiger partial charge in [-0.05, 0) is 37.3 Å². The summed E-state index contributed by atoms with van der Waals surface area (Å²) in [6, 6.07) is 8.42. The van der Waals surface area contributed by atoms with Crippen LogP contribution in [0.15, 0.2) is 41.7 Å². The Morgan fingerprint density at radius 1 is 1.36 bits per heavy atom. The Hall–Kier alpha value is -1.48. The monoisotopic (exact) mass is 516 g/mol. The molecule has 1 aromatic carbocycles. The first-order valence-electron chi connectivity index (χ1n) is 9.60. The predicted octanol–water partition coefficient (Wildman–Crippen LogP) is 3.46. The number of anilines is 1. The van der Waals surface area contributed by atoms with Crippen molar-refractivity contribution in [2.45, 2.75) is 31.7 Å². The van der Waals surface area contributed by atoms with Gasteiger partial charge in [0.2, 0.25) is 0 Å². The summed E-state index contributed by atoms with van der Waals surface area (Å²) in [6.45, 7) is 2.91. The second kappa shape index (κ2) is 11.5. The van der Waals surface area contributed by atoms with Crippen molar-refractivity contribution < 1.29 is 0 Å². The first-order chi connectivity index (χ1) is 13.2. The Kier molecular flexibility index (Phi) is 9.37. The minimum atomic E-state index is 0. The summed E-state index contributed by atoms with van der Waals surface area (Å²) in [5.41, 5.74) is 2.38. The summed E-state index contributed by atoms with van der Waals surface area (Å²) < 4.78 is 1.85. The van der Waals surface area contributed by atoms with Crippen LogP contribution in [0.4, 0.5) is 5.69 Å². The fourth-order valence-electron chi connectivity index (χ4n) is 3.48. The van der Waals surface area contributed by atoms with Crippen LogP contribution >= 0.6 is 35.6 Å². The Balaban J connectivity index is 0.00000280. The number of aromatic nitrogens is 2. The fraction of sp³-hybridized carbons (Fsp3) is 0.500. The zero-order valence-electron chi connectivity index (χ0n) is 16.6. The van der Waals surface area contributed by atoms with E-state index < -0.39 is 0 Å². The standard InChI is InChI=1S/C20H29ClN6.HI/c1-22-20(23-11-5-8-16-7-3-4-10-19(16)21)25-17-9-6-12-27(14-17)18-13-24-26(2)15-18;/h3-4,7,10,13,15,17H,5-6,8-9,11-12,14H2,1-2H3,(H2,22,23,25);1H. The average Bonchev–Trinajstić information content (AvgIpc) is 3.12. The van der Waals surface area contributed by atoms with Crippen LogP contribution in [0.1, 0.15) is 24.8 Å². The number of hydrogen-bond donors (Lipinski definition) is 2. The van der Waals surface area contributed by atoms with E-state index in [0.717, 1.165) is 56.3 Å². The van der Waals surface area contributed by atoms with Crippen molar-refractivity contribution in [1.82, 2.24) is 20.4 Å². The molecule has 0 saturated carbocycles. The van der Waals surface area contributed by atoms with Crippen molar-refractivity contribution in [2.24, 2.45) is 12.0 Å². The van der Waals surface area contributed by atoms with E-state index in [1.54, 1.807) is 0 Å². The summed E-state index contributed by atoms with van der Waals surface area (Å²) in [7, 11) is 3.78. The van der Waals surface area contributed by atoms with E-state index >= 15 is 0 Å². The van der Waals surface area contributed by atoms with Gasteiger partial charge in [-0.1, -0.05) is 29.8 Å². The third-order valence-corrected chi connectivity index (χ3v) is 5.28. The molecule has 1 aliphatic rings. The Morgan fingerprint density at radius 3 is 2.89 bits per heavy atom. The molecule has 0 bridgehead atoms. The molecule has 3 rings (SSSR count). The van der Waals surface area contributed by atoms with Gasteiger partial charge >= 0.3 is 0 Å². The van der Waals surface area contributed by atoms with E-state index in [9.17, 15) is 0 Å². The maximum Gasteiger partial charge on any atom is 0.191 e. The van der Waals surface area contributed by atoms with Crippen LogP contribution in [0.25, 0.3) is 0 Å². The van der Waals surface area contributed by atoms with E-state index in [1.165, 1.54) is 11.3 Å². The van der Waals surface area contributed by atoms with Crippen molar-refractivity contribution in [3.05, 3.63) is 47.2 Å². The third-order valence-electron chi connectivity index (χ3n) is 4.92. The highest BCUT2D eigenvalue weighted by Gasteiger charge is 2.21. The van der Waals surface area contributed by atoms with Crippen LogP contribution < -0.4 is 15.5 Å². The molecule has 0 spiro atoms. The number of rotatable bonds is 6. The molecular weight excluding hydrogens is 487 g/mol. The highest BCUT2D eigenvalue weighted by Crippen LogP contribution is 2.19. The van der Waals surface area contributed by atoms with E-state index in [-0.39, 0.29) is 24.0 Å². The number of piperidine rings is 1. The first kappa shape index (κ1) is 22.8. The van der Waals surface area contributed by atoms with Crippen molar-refractivity contribution in [3.63, 3.8) is 0 Å². The maximum absolute atomic E-state index is 6.22. The quantitative estimate of drug-likeness (QED) is 0.267. The number of benzene rings is 1. The molecular formula is C20H30ClIN6. The van der Waals surface area contributed by atoms with Gasteiger partial charge in [-0.25, -0.2) is 0 Å². The van der Waals surface area contributed by atoms with Crippen LogP contribution in [0, 0.1) is 0 Å². The highest BCUT2D eigenvalue weighted by molar-refractivity contribution is 14.0. The molecule has 154 valence electrons. The molecule has 1 fully saturated rings. The molecule has 0 radical (unpaired) electrons. The van der Waals surface area contributed by atoms with Gasteiger partial charge in [0.25, 0.3) is 0 Å². The molecule has 6 nitrogen and oxygen atoms in total. The topological polar surface area (TPSA) is 57.5 Å². The number of aliphatic imine (C=N–C) groups is 1. The third kappa shape index (κ3) is 6.55. The summed E-state index contributed by atoms with van der Waals surface area (Å²) in [4.78, 5) is 6.77. The predicted molar refractivity (Wildman–Crippen MR) is 128 cm³/mol. The smallest absolute Gasteiger partial charge is 0.191 e. The van der Waals surface area contributed by atoms with Gasteiger partial charge in [0.15, 0.2) is 5.96 Å². The van der Waals surface area contributed by atoms with E-state index in [0.29, 0.717) is 6.04 Å². The largest absolute Gasteiger partial charge is 0.367 e. The summed E-state index contributed by atoms with van der Waals surface area (Å²) >= 11 is 6.22. The number of hydrogen-bond acceptors (Lipinski definition) is 3. The molecule has 2 heterocycles. The van der Waals surface area contributed by atoms with E-state index in [4.69, 9.17) is 11.6 Å². The fourth-order valence-corrected chi connectivity index (χ4v) is 3.71. The zero-order chi connectivity index (χ0) is 19.1. The molecule has 0 aliphatic carbocycles. The molecule has 1 atom stereocenters. The van der Waals surface area contributed by atoms with Gasteiger partial charge in [0.1, 0.15) is 0 Å². The van der Waals surface area contributed by atoms with Crippen LogP contribution in [-0.4, -0.2) is 48.5 Å². The van der Waals surface area contributed by atoms with Gasteiger partial charge in [-0.2, -0.15) is 5.10 Å². The van der Waals surface area contributed by atoms with Gasteiger partial charge < -0.3 is 15.5 Å². The summed E-state index contributed by atoms with van der Waals surface area (Å²) in [5.74, 6) is 0.868. The van der Waals surface area contributed by atoms with Crippen molar-refractivity contribution in [3.8, 4) is 0 Å². The number of guanidine groups is 1. The summed E-state index contributed by atoms with van der Waals surface area (Å²) in [6.07, 6.45) is 8.29. The van der Waals surface area contributed by atoms with E-state index in [2.05, 4.69) is 37.9 Å². The first-order valence-corrected chi connectivity index (χ1v) is 9.97. The zero-order valence-corrected chi connectivity index (χ0v) is 19.7. The highest BCUT2D eigenvalue weighted by atomic mass is 127. The molecule has 0 amide bonds. The number of nitrogens with zero attached hydrogens (tertiary/aromatic N) is 4. The van der Waals surface area contributed by atoms with Gasteiger partial charge in [0, 0.05) is 51.0 Å². The number of nitrogens with one attached hydrogen (secondary N) is 2. The lowest BCUT2D eigenvalue weighted by Gasteiger charge is -2.34. The Bertz CT molecular complexity index is 763. The minimum absolute atomic E-state index is 0. The van der Waals surface area contributed by atoms with Gasteiger partial charge in [0.05, 0.1) is 11.9 Å². The molecule has 28 heavy (non-hydrogen) atoms. The summed E-state index contributed by atoms with van der Waals surface area (Å²) in [5, 5.41) is 12.1. The minimum Gasteiger partial charge on any atom is -0.367 e. The van der Waals surface area contributed by atoms with Crippen molar-refractivity contribution in [2.75, 3.05) is 31.6 Å². The van der Waals surface area contributed by atoms with Crippen molar-refractivity contribution >= 4 is 47.2 Å². The molecule has 8 heteroatoms. The number of aryl methyl sites for hydroxylation is 2. The second-order valence-electron chi connectivity index (χ2n) is 7.00. The van der Waals surface area contributed by atoms with Crippen LogP contribution in [0.2, 0.25) is 5.02 Å². The second-order valence-corrected chi connectivity index (χ2v) is 7.40. The lowest BCUT2D eigenvalue weighted by molar-refractivity contribution is 0.468. The maximum atomic E-state index is 6.22. The van der Waals surface area contributed by atoms with Crippen LogP contribution in [0.5, 0.6) is 0 Å². The normalized spacial score (nSPS) is 17.2. The molecule has 2 aromatic rings. The molecule has 1 aliphatic heterocycles. The average molecular weight is 517 g/mol. The molecule has 1 unspecified atom stereocenters. The molecule has 1 aromatic heterocycles. The lowest BCUT2D eigenvalue weighted by atomic mass is 10.1. The van der Waals surface area contributed by atoms with Gasteiger partial charge in [-0.15, -0.1) is 24.0 Å². The number of halogens is 2. The Labute approximate surface area is 189 Å². The van der Waals surface area contributed by atoms with E-state index in [1.807, 2.05) is 43.2 Å². The van der Waals surface area contributed by atoms with Crippen LogP contribution in [-0.2, 0) is 13.5 Å². The molecule has 2 N–H and O–H groups in total. The SMILES string of the molecule is CN=C(NCCCc1ccccc1Cl)NC1CCCN(c2cnn(C)c2)C1.I. The molecule has 1 saturated heterocycles. The van der Waals surface area contributed by atoms with Crippen LogP contribution in [0.3, 0.4) is 0 Å². The lowest BCUT2D eigenvalue weighted by Crippen LogP contribution is -2.51. The van der Waals surface area contributed by atoms with Gasteiger partial charge in [-0.3, -0.25) is 9.67 Å². The van der Waals surface area contributed by atoms with Crippen molar-refractivity contribution in [1.29, 1.82) is 0 Å². The Morgan fingerprint density at radius 2 is 2.18 bits per heavy atom.